The molecule has 0 unspecified atom stereocenters. The van der Waals surface area contributed by atoms with E-state index in [1.807, 2.05) is 16.7 Å². The molecule has 0 fully saturated rings. The van der Waals surface area contributed by atoms with E-state index in [1.165, 1.54) is 0 Å². The summed E-state index contributed by atoms with van der Waals surface area (Å²) in [7, 11) is 0. The van der Waals surface area contributed by atoms with Crippen molar-refractivity contribution in [3.63, 3.8) is 0 Å². The van der Waals surface area contributed by atoms with Gasteiger partial charge >= 0.3 is 6.03 Å². The van der Waals surface area contributed by atoms with Crippen LogP contribution in [0.15, 0.2) is 18.2 Å². The van der Waals surface area contributed by atoms with Gasteiger partial charge in [-0.1, -0.05) is 6.07 Å². The van der Waals surface area contributed by atoms with E-state index in [9.17, 15) is 4.79 Å². The predicted molar refractivity (Wildman–Crippen MR) is 76.5 cm³/mol. The molecule has 1 aromatic carbocycles. The lowest BCUT2D eigenvalue weighted by Crippen LogP contribution is -2.32. The first-order valence-corrected chi connectivity index (χ1v) is 6.68. The first kappa shape index (κ1) is 14.2. The fourth-order valence-electron chi connectivity index (χ4n) is 2.10. The van der Waals surface area contributed by atoms with Crippen molar-refractivity contribution in [2.24, 2.45) is 5.73 Å². The van der Waals surface area contributed by atoms with Crippen LogP contribution in [0.4, 0.5) is 4.79 Å². The molecular weight excluding hydrogens is 278 g/mol. The van der Waals surface area contributed by atoms with Gasteiger partial charge in [0.05, 0.1) is 11.1 Å². The summed E-state index contributed by atoms with van der Waals surface area (Å²) >= 11 is 5.79. The Morgan fingerprint density at radius 1 is 1.55 bits per heavy atom. The Bertz CT molecular complexity index is 673. The minimum Gasteiger partial charge on any atom is -0.352 e. The third-order valence-corrected chi connectivity index (χ3v) is 3.12. The summed E-state index contributed by atoms with van der Waals surface area (Å²) in [6.07, 6.45) is 0.595. The van der Waals surface area contributed by atoms with Gasteiger partial charge in [0.15, 0.2) is 0 Å². The lowest BCUT2D eigenvalue weighted by molar-refractivity contribution is 0.248. The molecule has 0 bridgehead atoms. The number of amides is 2. The molecule has 1 heterocycles. The molecule has 7 heteroatoms. The third kappa shape index (κ3) is 2.83. The van der Waals surface area contributed by atoms with Crippen LogP contribution >= 0.6 is 11.6 Å². The second kappa shape index (κ2) is 6.26. The van der Waals surface area contributed by atoms with Crippen LogP contribution < -0.4 is 11.1 Å². The van der Waals surface area contributed by atoms with Crippen LogP contribution in [-0.2, 0) is 13.0 Å². The number of alkyl halides is 1. The van der Waals surface area contributed by atoms with Gasteiger partial charge < -0.3 is 15.6 Å². The Kier molecular flexibility index (Phi) is 4.43. The molecule has 0 atom stereocenters. The Morgan fingerprint density at radius 3 is 3.00 bits per heavy atom. The van der Waals surface area contributed by atoms with Crippen LogP contribution in [0.25, 0.3) is 11.0 Å². The number of hydrogen-bond acceptors (Lipinski definition) is 3. The van der Waals surface area contributed by atoms with Crippen molar-refractivity contribution in [3.8, 4) is 6.07 Å². The average Bonchev–Trinajstić information content (AvgIpc) is 2.77. The van der Waals surface area contributed by atoms with Crippen LogP contribution in [0.2, 0.25) is 0 Å². The summed E-state index contributed by atoms with van der Waals surface area (Å²) in [4.78, 5) is 15.2. The lowest BCUT2D eigenvalue weighted by atomic mass is 10.2. The molecule has 2 amide bonds. The van der Waals surface area contributed by atoms with Crippen molar-refractivity contribution in [2.75, 3.05) is 12.4 Å². The van der Waals surface area contributed by atoms with Crippen molar-refractivity contribution < 1.29 is 4.79 Å². The molecule has 1 aromatic heterocycles. The fourth-order valence-corrected chi connectivity index (χ4v) is 2.27. The van der Waals surface area contributed by atoms with E-state index >= 15 is 0 Å². The van der Waals surface area contributed by atoms with Gasteiger partial charge in [-0.05, 0) is 12.1 Å². The van der Waals surface area contributed by atoms with Crippen LogP contribution in [0.5, 0.6) is 0 Å². The largest absolute Gasteiger partial charge is 0.352 e. The molecule has 0 aliphatic carbocycles. The predicted octanol–water partition coefficient (Wildman–Crippen LogP) is 1.36. The molecular formula is C13H14ClN5O. The second-order valence-electron chi connectivity index (χ2n) is 4.19. The number of hydrogen-bond donors (Lipinski definition) is 2. The number of carbonyl (C=O) groups is 1. The zero-order valence-corrected chi connectivity index (χ0v) is 11.5. The number of halogens is 1. The average molecular weight is 292 g/mol. The molecule has 104 valence electrons. The van der Waals surface area contributed by atoms with Gasteiger partial charge in [-0.2, -0.15) is 5.26 Å². The van der Waals surface area contributed by atoms with Crippen molar-refractivity contribution in [1.82, 2.24) is 14.9 Å². The Balaban J connectivity index is 2.41. The van der Waals surface area contributed by atoms with E-state index < -0.39 is 6.03 Å². The second-order valence-corrected chi connectivity index (χ2v) is 4.57. The maximum Gasteiger partial charge on any atom is 0.312 e. The number of nitrogens with two attached hydrogens (primary N) is 1. The number of urea groups is 1. The highest BCUT2D eigenvalue weighted by Crippen LogP contribution is 2.20. The monoisotopic (exact) mass is 291 g/mol. The number of primary amides is 1. The molecule has 0 radical (unpaired) electrons. The number of nitrogens with one attached hydrogen (secondary N) is 1. The van der Waals surface area contributed by atoms with E-state index in [2.05, 4.69) is 16.4 Å². The molecule has 3 N–H and O–H groups in total. The van der Waals surface area contributed by atoms with E-state index in [4.69, 9.17) is 22.6 Å². The van der Waals surface area contributed by atoms with Crippen LogP contribution in [-0.4, -0.2) is 28.0 Å². The minimum absolute atomic E-state index is 0.396. The lowest BCUT2D eigenvalue weighted by Gasteiger charge is -2.08. The molecule has 0 saturated carbocycles. The highest BCUT2D eigenvalue weighted by Gasteiger charge is 2.13. The fraction of sp³-hybridized carbons (Fsp3) is 0.308. The topological polar surface area (TPSA) is 96.7 Å². The number of para-hydroxylation sites is 1. The zero-order valence-electron chi connectivity index (χ0n) is 10.8. The number of benzene rings is 1. The number of imidazole rings is 1. The quantitative estimate of drug-likeness (QED) is 0.814. The highest BCUT2D eigenvalue weighted by molar-refractivity contribution is 6.17. The first-order chi connectivity index (χ1) is 9.67. The van der Waals surface area contributed by atoms with Gasteiger partial charge in [0, 0.05) is 25.4 Å². The van der Waals surface area contributed by atoms with Gasteiger partial charge in [0.1, 0.15) is 17.4 Å². The molecule has 6 nitrogen and oxygen atoms in total. The molecule has 0 spiro atoms. The minimum atomic E-state index is -0.564. The number of carbonyl (C=O) groups excluding carboxylic acids is 1. The van der Waals surface area contributed by atoms with Gasteiger partial charge in [0.2, 0.25) is 0 Å². The first-order valence-electron chi connectivity index (χ1n) is 6.15. The van der Waals surface area contributed by atoms with Crippen molar-refractivity contribution >= 4 is 28.7 Å². The van der Waals surface area contributed by atoms with Gasteiger partial charge in [-0.25, -0.2) is 9.78 Å². The van der Waals surface area contributed by atoms with Gasteiger partial charge in [-0.3, -0.25) is 0 Å². The van der Waals surface area contributed by atoms with Gasteiger partial charge in [-0.15, -0.1) is 11.6 Å². The normalized spacial score (nSPS) is 10.4. The number of aryl methyl sites for hydroxylation is 1. The Labute approximate surface area is 121 Å². The van der Waals surface area contributed by atoms with Crippen LogP contribution in [0.1, 0.15) is 11.4 Å². The van der Waals surface area contributed by atoms with Crippen LogP contribution in [0, 0.1) is 11.3 Å². The molecule has 2 aromatic rings. The number of aromatic nitrogens is 2. The summed E-state index contributed by atoms with van der Waals surface area (Å²) in [5.41, 5.74) is 7.09. The molecule has 0 aliphatic heterocycles. The van der Waals surface area contributed by atoms with E-state index in [-0.39, 0.29) is 0 Å². The smallest absolute Gasteiger partial charge is 0.312 e. The number of nitrogens with zero attached hydrogens (tertiary/aromatic N) is 3. The number of fused-ring (bicyclic) bond motifs is 1. The molecule has 0 aliphatic rings. The Morgan fingerprint density at radius 2 is 2.35 bits per heavy atom. The van der Waals surface area contributed by atoms with E-state index in [0.717, 1.165) is 11.3 Å². The molecule has 20 heavy (non-hydrogen) atoms. The van der Waals surface area contributed by atoms with E-state index in [0.29, 0.717) is 36.5 Å². The van der Waals surface area contributed by atoms with Crippen molar-refractivity contribution in [3.05, 3.63) is 29.6 Å². The summed E-state index contributed by atoms with van der Waals surface area (Å²) in [6, 6.07) is 7.00. The highest BCUT2D eigenvalue weighted by atomic mass is 35.5. The van der Waals surface area contributed by atoms with Crippen LogP contribution in [0.3, 0.4) is 0 Å². The third-order valence-electron chi connectivity index (χ3n) is 2.93. The molecule has 2 rings (SSSR count). The van der Waals surface area contributed by atoms with Crippen molar-refractivity contribution in [2.45, 2.75) is 13.0 Å². The maximum atomic E-state index is 10.7. The number of rotatable bonds is 5. The molecule has 0 saturated heterocycles. The SMILES string of the molecule is N#Cc1cccc2c1nc(CCCl)n2CCNC(N)=O. The van der Waals surface area contributed by atoms with Gasteiger partial charge in [0.25, 0.3) is 0 Å². The number of nitriles is 1. The van der Waals surface area contributed by atoms with E-state index in [1.54, 1.807) is 6.07 Å². The summed E-state index contributed by atoms with van der Waals surface area (Å²) in [6.45, 7) is 0.924. The summed E-state index contributed by atoms with van der Waals surface area (Å²) in [5, 5.41) is 11.7. The summed E-state index contributed by atoms with van der Waals surface area (Å²) < 4.78 is 1.95. The summed E-state index contributed by atoms with van der Waals surface area (Å²) in [5.74, 6) is 1.23. The van der Waals surface area contributed by atoms with Crippen molar-refractivity contribution in [1.29, 1.82) is 5.26 Å². The standard InChI is InChI=1S/C13H14ClN5O/c14-5-4-11-18-12-9(8-15)2-1-3-10(12)19(11)7-6-17-13(16)20/h1-3H,4-7H2,(H3,16,17,20). The Hall–Kier alpha value is -2.26. The zero-order chi connectivity index (χ0) is 14.5. The maximum absolute atomic E-state index is 10.7.